The number of fused-ring (bicyclic) bond motifs is 3. The van der Waals surface area contributed by atoms with Crippen LogP contribution in [0, 0.1) is 5.82 Å². The molecule has 2 atom stereocenters. The highest BCUT2D eigenvalue weighted by molar-refractivity contribution is 7.99. The first-order chi connectivity index (χ1) is 11.5. The molecule has 0 saturated carbocycles. The number of hydrogen-bond donors (Lipinski definition) is 1. The lowest BCUT2D eigenvalue weighted by atomic mass is 9.64. The van der Waals surface area contributed by atoms with Crippen LogP contribution in [0.25, 0.3) is 0 Å². The van der Waals surface area contributed by atoms with Gasteiger partial charge in [0.05, 0.1) is 0 Å². The molecule has 1 amide bonds. The van der Waals surface area contributed by atoms with E-state index in [0.29, 0.717) is 6.42 Å². The Morgan fingerprint density at radius 3 is 2.83 bits per heavy atom. The van der Waals surface area contributed by atoms with Crippen LogP contribution in [0.2, 0.25) is 0 Å². The van der Waals surface area contributed by atoms with Crippen molar-refractivity contribution in [3.8, 4) is 0 Å². The van der Waals surface area contributed by atoms with E-state index in [1.54, 1.807) is 23.9 Å². The number of amides is 1. The third kappa shape index (κ3) is 2.73. The van der Waals surface area contributed by atoms with Crippen LogP contribution in [0.15, 0.2) is 52.3 Å². The second-order valence-corrected chi connectivity index (χ2v) is 8.10. The van der Waals surface area contributed by atoms with Crippen LogP contribution < -0.4 is 5.32 Å². The van der Waals surface area contributed by atoms with Gasteiger partial charge in [-0.15, -0.1) is 0 Å². The van der Waals surface area contributed by atoms with Gasteiger partial charge in [0.1, 0.15) is 5.82 Å². The SMILES string of the molecule is C[C@]12CCC(=O)NC1CCc1cc(Sc3cccc(F)c3)ccc12. The van der Waals surface area contributed by atoms with Crippen molar-refractivity contribution in [3.05, 3.63) is 59.4 Å². The number of halogens is 1. The molecule has 1 aliphatic heterocycles. The normalized spacial score (nSPS) is 25.6. The number of rotatable bonds is 2. The van der Waals surface area contributed by atoms with E-state index >= 15 is 0 Å². The fourth-order valence-electron chi connectivity index (χ4n) is 4.05. The topological polar surface area (TPSA) is 29.1 Å². The number of benzene rings is 2. The maximum atomic E-state index is 13.4. The van der Waals surface area contributed by atoms with E-state index in [9.17, 15) is 9.18 Å². The molecule has 2 nitrogen and oxygen atoms in total. The van der Waals surface area contributed by atoms with Gasteiger partial charge in [0.2, 0.25) is 5.91 Å². The summed E-state index contributed by atoms with van der Waals surface area (Å²) >= 11 is 1.59. The van der Waals surface area contributed by atoms with Crippen LogP contribution in [0.4, 0.5) is 4.39 Å². The minimum absolute atomic E-state index is 0.0313. The lowest BCUT2D eigenvalue weighted by molar-refractivity contribution is -0.125. The highest BCUT2D eigenvalue weighted by Crippen LogP contribution is 2.44. The van der Waals surface area contributed by atoms with Crippen LogP contribution >= 0.6 is 11.8 Å². The van der Waals surface area contributed by atoms with E-state index in [1.165, 1.54) is 17.2 Å². The Hall–Kier alpha value is -1.81. The van der Waals surface area contributed by atoms with Gasteiger partial charge >= 0.3 is 0 Å². The number of nitrogens with one attached hydrogen (secondary N) is 1. The average Bonchev–Trinajstić information content (AvgIpc) is 2.55. The molecule has 1 unspecified atom stereocenters. The zero-order valence-electron chi connectivity index (χ0n) is 13.6. The van der Waals surface area contributed by atoms with Gasteiger partial charge in [-0.05, 0) is 60.7 Å². The molecule has 1 fully saturated rings. The fourth-order valence-corrected chi connectivity index (χ4v) is 4.98. The molecule has 0 aromatic heterocycles. The predicted molar refractivity (Wildman–Crippen MR) is 93.8 cm³/mol. The molecule has 24 heavy (non-hydrogen) atoms. The molecule has 4 rings (SSSR count). The van der Waals surface area contributed by atoms with Crippen molar-refractivity contribution in [2.24, 2.45) is 0 Å². The summed E-state index contributed by atoms with van der Waals surface area (Å²) in [6.07, 6.45) is 3.48. The van der Waals surface area contributed by atoms with Crippen LogP contribution in [0.1, 0.15) is 37.3 Å². The molecule has 1 heterocycles. The maximum absolute atomic E-state index is 13.4. The summed E-state index contributed by atoms with van der Waals surface area (Å²) in [4.78, 5) is 13.8. The van der Waals surface area contributed by atoms with Crippen LogP contribution in [0.3, 0.4) is 0 Å². The third-order valence-electron chi connectivity index (χ3n) is 5.40. The van der Waals surface area contributed by atoms with Crippen LogP contribution in [-0.4, -0.2) is 11.9 Å². The van der Waals surface area contributed by atoms with Crippen molar-refractivity contribution >= 4 is 17.7 Å². The minimum atomic E-state index is -0.203. The Morgan fingerprint density at radius 2 is 2.00 bits per heavy atom. The third-order valence-corrected chi connectivity index (χ3v) is 6.38. The average molecular weight is 341 g/mol. The molecule has 2 aliphatic rings. The molecule has 124 valence electrons. The summed E-state index contributed by atoms with van der Waals surface area (Å²) in [5.74, 6) is -0.0227. The van der Waals surface area contributed by atoms with Crippen LogP contribution in [-0.2, 0) is 16.6 Å². The Balaban J connectivity index is 1.64. The molecular formula is C20H20FNOS. The number of piperidine rings is 1. The first-order valence-electron chi connectivity index (χ1n) is 8.41. The first kappa shape index (κ1) is 15.7. The number of hydrogen-bond acceptors (Lipinski definition) is 2. The van der Waals surface area contributed by atoms with E-state index in [-0.39, 0.29) is 23.2 Å². The number of carbonyl (C=O) groups is 1. The standard InChI is InChI=1S/C20H20FNOS/c1-20-10-9-19(23)22-18(20)8-5-13-11-16(6-7-17(13)20)24-15-4-2-3-14(21)12-15/h2-4,6-7,11-12,18H,5,8-10H2,1H3,(H,22,23)/t18?,20-/m1/s1. The molecule has 0 spiro atoms. The van der Waals surface area contributed by atoms with Crippen molar-refractivity contribution in [2.75, 3.05) is 0 Å². The number of carbonyl (C=O) groups excluding carboxylic acids is 1. The summed E-state index contributed by atoms with van der Waals surface area (Å²) in [7, 11) is 0. The molecule has 1 saturated heterocycles. The lowest BCUT2D eigenvalue weighted by Gasteiger charge is -2.46. The molecule has 1 N–H and O–H groups in total. The molecule has 4 heteroatoms. The highest BCUT2D eigenvalue weighted by atomic mass is 32.2. The van der Waals surface area contributed by atoms with Crippen LogP contribution in [0.5, 0.6) is 0 Å². The van der Waals surface area contributed by atoms with Gasteiger partial charge in [-0.2, -0.15) is 0 Å². The lowest BCUT2D eigenvalue weighted by Crippen LogP contribution is -2.55. The minimum Gasteiger partial charge on any atom is -0.352 e. The Morgan fingerprint density at radius 1 is 1.17 bits per heavy atom. The second kappa shape index (κ2) is 5.92. The zero-order valence-corrected chi connectivity index (χ0v) is 14.5. The quantitative estimate of drug-likeness (QED) is 0.874. The van der Waals surface area contributed by atoms with Gasteiger partial charge in [0.25, 0.3) is 0 Å². The molecule has 2 aromatic carbocycles. The molecule has 0 bridgehead atoms. The van der Waals surface area contributed by atoms with Gasteiger partial charge in [-0.3, -0.25) is 4.79 Å². The van der Waals surface area contributed by atoms with E-state index in [4.69, 9.17) is 0 Å². The molecule has 1 aliphatic carbocycles. The predicted octanol–water partition coefficient (Wildman–Crippen LogP) is 4.46. The van der Waals surface area contributed by atoms with Gasteiger partial charge < -0.3 is 5.32 Å². The second-order valence-electron chi connectivity index (χ2n) is 6.95. The van der Waals surface area contributed by atoms with Crippen molar-refractivity contribution in [1.29, 1.82) is 0 Å². The Labute approximate surface area is 145 Å². The number of aryl methyl sites for hydroxylation is 1. The summed E-state index contributed by atoms with van der Waals surface area (Å²) in [5.41, 5.74) is 2.76. The maximum Gasteiger partial charge on any atom is 0.220 e. The van der Waals surface area contributed by atoms with Gasteiger partial charge in [0.15, 0.2) is 0 Å². The zero-order chi connectivity index (χ0) is 16.7. The van der Waals surface area contributed by atoms with E-state index < -0.39 is 0 Å². The molecule has 0 radical (unpaired) electrons. The van der Waals surface area contributed by atoms with Gasteiger partial charge in [0, 0.05) is 27.7 Å². The Bertz CT molecular complexity index is 806. The summed E-state index contributed by atoms with van der Waals surface area (Å²) in [6, 6.07) is 13.5. The molecular weight excluding hydrogens is 321 g/mol. The van der Waals surface area contributed by atoms with E-state index in [2.05, 4.69) is 30.4 Å². The van der Waals surface area contributed by atoms with Crippen molar-refractivity contribution in [2.45, 2.75) is 53.9 Å². The van der Waals surface area contributed by atoms with E-state index in [1.807, 2.05) is 6.07 Å². The Kier molecular flexibility index (Phi) is 3.87. The largest absolute Gasteiger partial charge is 0.352 e. The van der Waals surface area contributed by atoms with Crippen molar-refractivity contribution in [3.63, 3.8) is 0 Å². The summed E-state index contributed by atoms with van der Waals surface area (Å²) < 4.78 is 13.4. The highest BCUT2D eigenvalue weighted by Gasteiger charge is 2.43. The van der Waals surface area contributed by atoms with Crippen molar-refractivity contribution in [1.82, 2.24) is 5.32 Å². The fraction of sp³-hybridized carbons (Fsp3) is 0.350. The van der Waals surface area contributed by atoms with Crippen molar-refractivity contribution < 1.29 is 9.18 Å². The monoisotopic (exact) mass is 341 g/mol. The summed E-state index contributed by atoms with van der Waals surface area (Å²) in [5, 5.41) is 3.17. The van der Waals surface area contributed by atoms with E-state index in [0.717, 1.165) is 29.1 Å². The first-order valence-corrected chi connectivity index (χ1v) is 9.22. The molecule has 2 aromatic rings. The van der Waals surface area contributed by atoms with Gasteiger partial charge in [-0.1, -0.05) is 30.8 Å². The van der Waals surface area contributed by atoms with Gasteiger partial charge in [-0.25, -0.2) is 4.39 Å². The summed E-state index contributed by atoms with van der Waals surface area (Å²) in [6.45, 7) is 2.27. The smallest absolute Gasteiger partial charge is 0.220 e.